The predicted molar refractivity (Wildman–Crippen MR) is 88.6 cm³/mol. The number of rotatable bonds is 3. The largest absolute Gasteiger partial charge is 0.481 e. The van der Waals surface area contributed by atoms with E-state index in [0.717, 1.165) is 11.3 Å². The van der Waals surface area contributed by atoms with Gasteiger partial charge in [-0.15, -0.1) is 0 Å². The molecule has 6 nitrogen and oxygen atoms in total. The number of carbonyl (C=O) groups excluding carboxylic acids is 2. The van der Waals surface area contributed by atoms with E-state index in [1.54, 1.807) is 9.80 Å². The third-order valence-corrected chi connectivity index (χ3v) is 4.90. The smallest absolute Gasteiger partial charge is 0.308 e. The molecule has 1 aromatic rings. The van der Waals surface area contributed by atoms with Gasteiger partial charge in [-0.25, -0.2) is 0 Å². The lowest BCUT2D eigenvalue weighted by Gasteiger charge is -2.32. The zero-order valence-corrected chi connectivity index (χ0v) is 13.8. The van der Waals surface area contributed by atoms with Gasteiger partial charge in [-0.1, -0.05) is 17.7 Å². The van der Waals surface area contributed by atoms with Crippen LogP contribution in [0, 0.1) is 18.8 Å². The molecular formula is C18H22N2O4. The van der Waals surface area contributed by atoms with Crippen molar-refractivity contribution in [1.29, 1.82) is 0 Å². The van der Waals surface area contributed by atoms with Crippen molar-refractivity contribution in [2.75, 3.05) is 24.5 Å². The Balaban J connectivity index is 1.67. The Labute approximate surface area is 141 Å². The van der Waals surface area contributed by atoms with Crippen molar-refractivity contribution in [1.82, 2.24) is 4.90 Å². The van der Waals surface area contributed by atoms with Crippen molar-refractivity contribution in [3.05, 3.63) is 29.8 Å². The third kappa shape index (κ3) is 3.27. The summed E-state index contributed by atoms with van der Waals surface area (Å²) in [6, 6.07) is 7.67. The number of piperidine rings is 1. The number of carboxylic acid groups (broad SMARTS) is 1. The molecule has 0 radical (unpaired) electrons. The summed E-state index contributed by atoms with van der Waals surface area (Å²) in [6.45, 7) is 3.19. The van der Waals surface area contributed by atoms with Crippen LogP contribution in [0.15, 0.2) is 24.3 Å². The molecule has 2 amide bonds. The van der Waals surface area contributed by atoms with Crippen LogP contribution in [0.1, 0.15) is 24.8 Å². The highest BCUT2D eigenvalue weighted by Crippen LogP contribution is 2.28. The Morgan fingerprint density at radius 3 is 2.50 bits per heavy atom. The number of anilines is 1. The van der Waals surface area contributed by atoms with Crippen molar-refractivity contribution in [3.63, 3.8) is 0 Å². The zero-order valence-electron chi connectivity index (χ0n) is 13.8. The van der Waals surface area contributed by atoms with E-state index >= 15 is 0 Å². The highest BCUT2D eigenvalue weighted by molar-refractivity contribution is 6.00. The summed E-state index contributed by atoms with van der Waals surface area (Å²) in [7, 11) is 0. The van der Waals surface area contributed by atoms with E-state index in [9.17, 15) is 14.4 Å². The highest BCUT2D eigenvalue weighted by Gasteiger charge is 2.39. The molecule has 0 spiro atoms. The van der Waals surface area contributed by atoms with Crippen LogP contribution in [0.4, 0.5) is 5.69 Å². The first kappa shape index (κ1) is 16.5. The lowest BCUT2D eigenvalue weighted by atomic mass is 9.96. The summed E-state index contributed by atoms with van der Waals surface area (Å²) in [5, 5.41) is 9.16. The molecule has 128 valence electrons. The molecule has 2 heterocycles. The average Bonchev–Trinajstić information content (AvgIpc) is 2.97. The van der Waals surface area contributed by atoms with Gasteiger partial charge in [0.15, 0.2) is 0 Å². The summed E-state index contributed by atoms with van der Waals surface area (Å²) >= 11 is 0. The van der Waals surface area contributed by atoms with Crippen molar-refractivity contribution in [3.8, 4) is 0 Å². The molecule has 0 saturated carbocycles. The number of carboxylic acids is 1. The second kappa shape index (κ2) is 6.63. The number of nitrogens with zero attached hydrogens (tertiary/aromatic N) is 2. The first-order chi connectivity index (χ1) is 11.5. The summed E-state index contributed by atoms with van der Waals surface area (Å²) in [5.74, 6) is -1.87. The molecule has 1 N–H and O–H groups in total. The van der Waals surface area contributed by atoms with Gasteiger partial charge in [0.05, 0.1) is 11.8 Å². The number of amides is 2. The van der Waals surface area contributed by atoms with E-state index in [4.69, 9.17) is 5.11 Å². The number of aryl methyl sites for hydroxylation is 1. The van der Waals surface area contributed by atoms with Crippen LogP contribution in [-0.4, -0.2) is 47.4 Å². The number of benzene rings is 1. The van der Waals surface area contributed by atoms with E-state index in [2.05, 4.69) is 0 Å². The van der Waals surface area contributed by atoms with Gasteiger partial charge in [0.2, 0.25) is 11.8 Å². The fourth-order valence-corrected chi connectivity index (χ4v) is 3.48. The maximum Gasteiger partial charge on any atom is 0.308 e. The minimum atomic E-state index is -0.851. The zero-order chi connectivity index (χ0) is 17.3. The van der Waals surface area contributed by atoms with E-state index in [-0.39, 0.29) is 30.7 Å². The highest BCUT2D eigenvalue weighted by atomic mass is 16.4. The number of aliphatic carboxylic acids is 1. The lowest BCUT2D eigenvalue weighted by Crippen LogP contribution is -2.45. The fraction of sp³-hybridized carbons (Fsp3) is 0.500. The maximum absolute atomic E-state index is 12.7. The number of hydrogen-bond donors (Lipinski definition) is 1. The third-order valence-electron chi connectivity index (χ3n) is 4.90. The van der Waals surface area contributed by atoms with Crippen molar-refractivity contribution < 1.29 is 19.5 Å². The predicted octanol–water partition coefficient (Wildman–Crippen LogP) is 1.67. The molecule has 6 heteroatoms. The summed E-state index contributed by atoms with van der Waals surface area (Å²) in [4.78, 5) is 39.4. The molecule has 2 atom stereocenters. The monoisotopic (exact) mass is 330 g/mol. The minimum absolute atomic E-state index is 0.0519. The van der Waals surface area contributed by atoms with E-state index in [1.807, 2.05) is 31.2 Å². The Bertz CT molecular complexity index is 655. The Kier molecular flexibility index (Phi) is 4.55. The molecule has 2 saturated heterocycles. The first-order valence-corrected chi connectivity index (χ1v) is 8.34. The van der Waals surface area contributed by atoms with Crippen LogP contribution in [0.2, 0.25) is 0 Å². The van der Waals surface area contributed by atoms with Gasteiger partial charge in [0, 0.05) is 31.7 Å². The fourth-order valence-electron chi connectivity index (χ4n) is 3.48. The van der Waals surface area contributed by atoms with E-state index in [0.29, 0.717) is 25.9 Å². The van der Waals surface area contributed by atoms with Crippen LogP contribution in [0.5, 0.6) is 0 Å². The molecule has 2 unspecified atom stereocenters. The van der Waals surface area contributed by atoms with Gasteiger partial charge in [0.1, 0.15) is 0 Å². The normalized spacial score (nSPS) is 24.3. The molecule has 1 aromatic carbocycles. The molecule has 0 aliphatic carbocycles. The van der Waals surface area contributed by atoms with Crippen molar-refractivity contribution >= 4 is 23.5 Å². The second-order valence-corrected chi connectivity index (χ2v) is 6.70. The number of carbonyl (C=O) groups is 3. The lowest BCUT2D eigenvalue weighted by molar-refractivity contribution is -0.146. The molecule has 2 aliphatic heterocycles. The maximum atomic E-state index is 12.7. The molecule has 3 rings (SSSR count). The van der Waals surface area contributed by atoms with Crippen LogP contribution in [0.3, 0.4) is 0 Å². The second-order valence-electron chi connectivity index (χ2n) is 6.70. The topological polar surface area (TPSA) is 77.9 Å². The molecular weight excluding hydrogens is 308 g/mol. The van der Waals surface area contributed by atoms with Crippen LogP contribution in [-0.2, 0) is 14.4 Å². The van der Waals surface area contributed by atoms with E-state index in [1.165, 1.54) is 0 Å². The average molecular weight is 330 g/mol. The molecule has 0 aromatic heterocycles. The van der Waals surface area contributed by atoms with Crippen LogP contribution in [0.25, 0.3) is 0 Å². The Morgan fingerprint density at radius 1 is 1.12 bits per heavy atom. The van der Waals surface area contributed by atoms with Crippen molar-refractivity contribution in [2.24, 2.45) is 11.8 Å². The molecule has 0 bridgehead atoms. The number of likely N-dealkylation sites (tertiary alicyclic amines) is 1. The minimum Gasteiger partial charge on any atom is -0.481 e. The summed E-state index contributed by atoms with van der Waals surface area (Å²) in [5.41, 5.74) is 1.93. The number of hydrogen-bond acceptors (Lipinski definition) is 3. The standard InChI is InChI=1S/C18H22N2O4/c1-12-4-6-15(7-5-12)20-11-14(9-16(20)21)17(22)19-8-2-3-13(10-19)18(23)24/h4-7,13-14H,2-3,8-11H2,1H3,(H,23,24). The quantitative estimate of drug-likeness (QED) is 0.914. The SMILES string of the molecule is Cc1ccc(N2CC(C(=O)N3CCCC(C(=O)O)C3)CC2=O)cc1. The summed E-state index contributed by atoms with van der Waals surface area (Å²) < 4.78 is 0. The van der Waals surface area contributed by atoms with Crippen LogP contribution < -0.4 is 4.90 Å². The van der Waals surface area contributed by atoms with Gasteiger partial charge in [-0.3, -0.25) is 14.4 Å². The van der Waals surface area contributed by atoms with Gasteiger partial charge in [-0.05, 0) is 31.9 Å². The van der Waals surface area contributed by atoms with Crippen molar-refractivity contribution in [2.45, 2.75) is 26.2 Å². The van der Waals surface area contributed by atoms with Gasteiger partial charge < -0.3 is 14.9 Å². The van der Waals surface area contributed by atoms with Crippen LogP contribution >= 0.6 is 0 Å². The molecule has 2 aliphatic rings. The van der Waals surface area contributed by atoms with Gasteiger partial charge in [-0.2, -0.15) is 0 Å². The van der Waals surface area contributed by atoms with Gasteiger partial charge >= 0.3 is 5.97 Å². The first-order valence-electron chi connectivity index (χ1n) is 8.34. The summed E-state index contributed by atoms with van der Waals surface area (Å²) in [6.07, 6.45) is 1.50. The Morgan fingerprint density at radius 2 is 1.83 bits per heavy atom. The Hall–Kier alpha value is -2.37. The molecule has 24 heavy (non-hydrogen) atoms. The molecule has 2 fully saturated rings. The van der Waals surface area contributed by atoms with Gasteiger partial charge in [0.25, 0.3) is 0 Å². The van der Waals surface area contributed by atoms with E-state index < -0.39 is 11.9 Å².